The zero-order valence-corrected chi connectivity index (χ0v) is 15.4. The van der Waals surface area contributed by atoms with Crippen LogP contribution in [0.15, 0.2) is 53.5 Å². The highest BCUT2D eigenvalue weighted by Crippen LogP contribution is 2.25. The maximum atomic E-state index is 12.4. The molecule has 0 radical (unpaired) electrons. The molecule has 27 heavy (non-hydrogen) atoms. The molecule has 138 valence electrons. The number of pyridine rings is 2. The number of carbonyl (C=O) groups excluding carboxylic acids is 1. The van der Waals surface area contributed by atoms with Crippen molar-refractivity contribution in [1.29, 1.82) is 0 Å². The largest absolute Gasteiger partial charge is 0.353 e. The summed E-state index contributed by atoms with van der Waals surface area (Å²) >= 11 is 6.20. The smallest absolute Gasteiger partial charge is 0.252 e. The summed E-state index contributed by atoms with van der Waals surface area (Å²) in [7, 11) is 0. The number of H-pyrrole nitrogens is 1. The summed E-state index contributed by atoms with van der Waals surface area (Å²) in [6, 6.07) is 12.9. The lowest BCUT2D eigenvalue weighted by Gasteiger charge is -2.19. The third-order valence-electron chi connectivity index (χ3n) is 4.77. The van der Waals surface area contributed by atoms with E-state index in [4.69, 9.17) is 11.6 Å². The molecular weight excluding hydrogens is 364 g/mol. The fraction of sp³-hybridized carbons (Fsp3) is 0.250. The standard InChI is InChI=1S/C20H19ClN4O2/c21-16-5-3-8-22-19(16)25-9-7-15(12-25)23-18(26)11-14-10-13-4-1-2-6-17(13)24-20(14)27/h1-6,8,10,15H,7,9,11-12H2,(H,23,26)(H,24,27). The Morgan fingerprint density at radius 2 is 2.15 bits per heavy atom. The molecule has 1 atom stereocenters. The summed E-state index contributed by atoms with van der Waals surface area (Å²) < 4.78 is 0. The Kier molecular flexibility index (Phi) is 4.81. The van der Waals surface area contributed by atoms with Gasteiger partial charge in [0, 0.05) is 36.4 Å². The van der Waals surface area contributed by atoms with Crippen LogP contribution < -0.4 is 15.8 Å². The number of benzene rings is 1. The minimum absolute atomic E-state index is 0.00936. The van der Waals surface area contributed by atoms with Crippen molar-refractivity contribution in [1.82, 2.24) is 15.3 Å². The molecule has 2 N–H and O–H groups in total. The Balaban J connectivity index is 1.41. The zero-order chi connectivity index (χ0) is 18.8. The van der Waals surface area contributed by atoms with Crippen molar-refractivity contribution < 1.29 is 4.79 Å². The van der Waals surface area contributed by atoms with Gasteiger partial charge in [0.1, 0.15) is 5.82 Å². The van der Waals surface area contributed by atoms with Crippen molar-refractivity contribution >= 4 is 34.2 Å². The summed E-state index contributed by atoms with van der Waals surface area (Å²) in [4.78, 5) is 33.9. The SMILES string of the molecule is O=C(Cc1cc2ccccc2[nH]c1=O)NC1CCN(c2ncccc2Cl)C1. The Morgan fingerprint density at radius 1 is 1.30 bits per heavy atom. The predicted molar refractivity (Wildman–Crippen MR) is 106 cm³/mol. The van der Waals surface area contributed by atoms with Crippen LogP contribution in [0.4, 0.5) is 5.82 Å². The number of fused-ring (bicyclic) bond motifs is 1. The third-order valence-corrected chi connectivity index (χ3v) is 5.07. The van der Waals surface area contributed by atoms with E-state index in [1.807, 2.05) is 30.3 Å². The van der Waals surface area contributed by atoms with Gasteiger partial charge in [-0.1, -0.05) is 29.8 Å². The van der Waals surface area contributed by atoms with Crippen molar-refractivity contribution in [3.63, 3.8) is 0 Å². The van der Waals surface area contributed by atoms with E-state index < -0.39 is 0 Å². The molecule has 6 nitrogen and oxygen atoms in total. The second kappa shape index (κ2) is 7.40. The number of amides is 1. The van der Waals surface area contributed by atoms with Gasteiger partial charge in [-0.05, 0) is 36.1 Å². The van der Waals surface area contributed by atoms with Crippen LogP contribution in [0.5, 0.6) is 0 Å². The van der Waals surface area contributed by atoms with Gasteiger partial charge in [0.25, 0.3) is 5.56 Å². The van der Waals surface area contributed by atoms with Gasteiger partial charge in [-0.25, -0.2) is 4.98 Å². The molecule has 0 bridgehead atoms. The van der Waals surface area contributed by atoms with Gasteiger partial charge in [0.15, 0.2) is 0 Å². The second-order valence-electron chi connectivity index (χ2n) is 6.70. The lowest BCUT2D eigenvalue weighted by atomic mass is 10.1. The van der Waals surface area contributed by atoms with Gasteiger partial charge in [0.05, 0.1) is 11.4 Å². The van der Waals surface area contributed by atoms with E-state index in [0.717, 1.165) is 29.7 Å². The number of para-hydroxylation sites is 1. The number of aromatic nitrogens is 2. The van der Waals surface area contributed by atoms with Crippen LogP contribution >= 0.6 is 11.6 Å². The molecule has 1 saturated heterocycles. The van der Waals surface area contributed by atoms with Crippen LogP contribution in [-0.4, -0.2) is 35.0 Å². The Hall–Kier alpha value is -2.86. The lowest BCUT2D eigenvalue weighted by Crippen LogP contribution is -2.38. The molecule has 7 heteroatoms. The van der Waals surface area contributed by atoms with Crippen LogP contribution in [0.25, 0.3) is 10.9 Å². The molecule has 1 fully saturated rings. The van der Waals surface area contributed by atoms with Gasteiger partial charge in [-0.2, -0.15) is 0 Å². The molecular formula is C20H19ClN4O2. The zero-order valence-electron chi connectivity index (χ0n) is 14.6. The topological polar surface area (TPSA) is 78.1 Å². The normalized spacial score (nSPS) is 16.6. The molecule has 3 aromatic rings. The van der Waals surface area contributed by atoms with Crippen molar-refractivity contribution in [3.8, 4) is 0 Å². The molecule has 1 unspecified atom stereocenters. The summed E-state index contributed by atoms with van der Waals surface area (Å²) in [5.74, 6) is 0.580. The Bertz CT molecular complexity index is 1050. The van der Waals surface area contributed by atoms with Crippen LogP contribution in [0.1, 0.15) is 12.0 Å². The fourth-order valence-electron chi connectivity index (χ4n) is 3.46. The van der Waals surface area contributed by atoms with Crippen LogP contribution in [-0.2, 0) is 11.2 Å². The van der Waals surface area contributed by atoms with E-state index in [-0.39, 0.29) is 23.9 Å². The summed E-state index contributed by atoms with van der Waals surface area (Å²) in [6.45, 7) is 1.43. The van der Waals surface area contributed by atoms with E-state index in [2.05, 4.69) is 20.2 Å². The van der Waals surface area contributed by atoms with Crippen molar-refractivity contribution in [2.75, 3.05) is 18.0 Å². The molecule has 2 aromatic heterocycles. The summed E-state index contributed by atoms with van der Waals surface area (Å²) in [5, 5.41) is 4.54. The first-order chi connectivity index (χ1) is 13.1. The minimum Gasteiger partial charge on any atom is -0.353 e. The van der Waals surface area contributed by atoms with Crippen LogP contribution in [0.2, 0.25) is 5.02 Å². The number of nitrogens with one attached hydrogen (secondary N) is 2. The average Bonchev–Trinajstić information content (AvgIpc) is 3.10. The molecule has 1 aromatic carbocycles. The number of halogens is 1. The molecule has 0 saturated carbocycles. The van der Waals surface area contributed by atoms with E-state index in [9.17, 15) is 9.59 Å². The Labute approximate surface area is 161 Å². The van der Waals surface area contributed by atoms with Crippen LogP contribution in [0.3, 0.4) is 0 Å². The second-order valence-corrected chi connectivity index (χ2v) is 7.10. The monoisotopic (exact) mass is 382 g/mol. The van der Waals surface area contributed by atoms with Crippen molar-refractivity contribution in [3.05, 3.63) is 69.6 Å². The van der Waals surface area contributed by atoms with Crippen molar-refractivity contribution in [2.24, 2.45) is 0 Å². The first-order valence-electron chi connectivity index (χ1n) is 8.86. The van der Waals surface area contributed by atoms with Gasteiger partial charge < -0.3 is 15.2 Å². The molecule has 4 rings (SSSR count). The molecule has 3 heterocycles. The molecule has 0 spiro atoms. The van der Waals surface area contributed by atoms with Crippen molar-refractivity contribution in [2.45, 2.75) is 18.9 Å². The first-order valence-corrected chi connectivity index (χ1v) is 9.24. The van der Waals surface area contributed by atoms with Gasteiger partial charge in [-0.3, -0.25) is 9.59 Å². The van der Waals surface area contributed by atoms with E-state index in [1.54, 1.807) is 18.3 Å². The highest BCUT2D eigenvalue weighted by Gasteiger charge is 2.26. The van der Waals surface area contributed by atoms with Gasteiger partial charge in [0.2, 0.25) is 5.91 Å². The number of anilines is 1. The first kappa shape index (κ1) is 17.5. The molecule has 1 aliphatic rings. The lowest BCUT2D eigenvalue weighted by molar-refractivity contribution is -0.121. The number of hydrogen-bond acceptors (Lipinski definition) is 4. The molecule has 1 amide bonds. The van der Waals surface area contributed by atoms with Gasteiger partial charge in [-0.15, -0.1) is 0 Å². The minimum atomic E-state index is -0.225. The number of aromatic amines is 1. The number of rotatable bonds is 4. The number of carbonyl (C=O) groups is 1. The highest BCUT2D eigenvalue weighted by atomic mass is 35.5. The maximum Gasteiger partial charge on any atom is 0.252 e. The van der Waals surface area contributed by atoms with E-state index >= 15 is 0 Å². The van der Waals surface area contributed by atoms with E-state index in [0.29, 0.717) is 17.1 Å². The number of hydrogen-bond donors (Lipinski definition) is 2. The van der Waals surface area contributed by atoms with E-state index in [1.165, 1.54) is 0 Å². The van der Waals surface area contributed by atoms with Gasteiger partial charge >= 0.3 is 0 Å². The molecule has 0 aliphatic carbocycles. The average molecular weight is 383 g/mol. The summed E-state index contributed by atoms with van der Waals surface area (Å²) in [5.41, 5.74) is 1.01. The fourth-order valence-corrected chi connectivity index (χ4v) is 3.70. The summed E-state index contributed by atoms with van der Waals surface area (Å²) in [6.07, 6.45) is 2.58. The highest BCUT2D eigenvalue weighted by molar-refractivity contribution is 6.32. The molecule has 1 aliphatic heterocycles. The predicted octanol–water partition coefficient (Wildman–Crippen LogP) is 2.51. The quantitative estimate of drug-likeness (QED) is 0.726. The Morgan fingerprint density at radius 3 is 3.00 bits per heavy atom. The third kappa shape index (κ3) is 3.80. The maximum absolute atomic E-state index is 12.4. The van der Waals surface area contributed by atoms with Crippen LogP contribution in [0, 0.1) is 0 Å². The number of nitrogens with zero attached hydrogens (tertiary/aromatic N) is 2.